The van der Waals surface area contributed by atoms with Crippen LogP contribution in [0.25, 0.3) is 83.9 Å². The fourth-order valence-electron chi connectivity index (χ4n) is 6.44. The zero-order valence-corrected chi connectivity index (χ0v) is 26.3. The van der Waals surface area contributed by atoms with Gasteiger partial charge in [-0.25, -0.2) is 15.0 Å². The maximum atomic E-state index is 9.10. The van der Waals surface area contributed by atoms with E-state index in [1.165, 1.54) is 0 Å². The van der Waals surface area contributed by atoms with Gasteiger partial charge in [-0.2, -0.15) is 0 Å². The van der Waals surface area contributed by atoms with Crippen molar-refractivity contribution in [3.8, 4) is 62.1 Å². The molecule has 0 aliphatic rings. The number of benzene rings is 7. The highest BCUT2D eigenvalue weighted by molar-refractivity contribution is 6.15. The number of hydrogen-bond donors (Lipinski definition) is 0. The molecule has 2 aromatic heterocycles. The molecule has 0 saturated carbocycles. The Morgan fingerprint density at radius 3 is 1.45 bits per heavy atom. The minimum absolute atomic E-state index is 0.0678. The third-order valence-electron chi connectivity index (χ3n) is 8.81. The van der Waals surface area contributed by atoms with Gasteiger partial charge in [0.1, 0.15) is 0 Å². The second kappa shape index (κ2) is 12.2. The van der Waals surface area contributed by atoms with Crippen molar-refractivity contribution in [3.63, 3.8) is 0 Å². The Balaban J connectivity index is 1.21. The summed E-state index contributed by atoms with van der Waals surface area (Å²) in [7, 11) is 0. The fourth-order valence-corrected chi connectivity index (χ4v) is 6.44. The number of rotatable bonds is 6. The van der Waals surface area contributed by atoms with Gasteiger partial charge < -0.3 is 4.57 Å². The third kappa shape index (κ3) is 5.26. The molecule has 0 N–H and O–H groups in total. The van der Waals surface area contributed by atoms with Crippen LogP contribution in [0.4, 0.5) is 0 Å². The molecule has 0 aliphatic heterocycles. The summed E-state index contributed by atoms with van der Waals surface area (Å²) in [6.45, 7) is 0. The molecular formula is C45H30N4. The van der Waals surface area contributed by atoms with Crippen LogP contribution in [0, 0.1) is 0 Å². The predicted molar refractivity (Wildman–Crippen MR) is 201 cm³/mol. The minimum atomic E-state index is -0.274. The lowest BCUT2D eigenvalue weighted by Gasteiger charge is -2.11. The van der Waals surface area contributed by atoms with Crippen molar-refractivity contribution >= 4 is 21.8 Å². The lowest BCUT2D eigenvalue weighted by Crippen LogP contribution is -2.00. The summed E-state index contributed by atoms with van der Waals surface area (Å²) in [5, 5.41) is 1.25. The summed E-state index contributed by atoms with van der Waals surface area (Å²) in [5.74, 6) is 1.66. The molecular weight excluding hydrogens is 597 g/mol. The van der Waals surface area contributed by atoms with E-state index in [1.807, 2.05) is 126 Å². The molecule has 0 radical (unpaired) electrons. The summed E-state index contributed by atoms with van der Waals surface area (Å²) < 4.78 is 37.4. The molecule has 7 aromatic carbocycles. The van der Waals surface area contributed by atoms with Gasteiger partial charge in [-0.05, 0) is 58.6 Å². The Bertz CT molecular complexity index is 2730. The first-order valence-corrected chi connectivity index (χ1v) is 16.1. The number of hydrogen-bond acceptors (Lipinski definition) is 3. The number of aromatic nitrogens is 4. The van der Waals surface area contributed by atoms with Crippen LogP contribution in [0.2, 0.25) is 0 Å². The Labute approximate surface area is 290 Å². The van der Waals surface area contributed by atoms with Crippen molar-refractivity contribution in [3.05, 3.63) is 182 Å². The third-order valence-corrected chi connectivity index (χ3v) is 8.81. The molecule has 0 unspecified atom stereocenters. The van der Waals surface area contributed by atoms with Gasteiger partial charge in [0.05, 0.1) is 16.5 Å². The van der Waals surface area contributed by atoms with Gasteiger partial charge in [-0.3, -0.25) is 0 Å². The summed E-state index contributed by atoms with van der Waals surface area (Å²) in [6.07, 6.45) is 0. The van der Waals surface area contributed by atoms with E-state index in [9.17, 15) is 0 Å². The van der Waals surface area contributed by atoms with E-state index in [1.54, 1.807) is 0 Å². The van der Waals surface area contributed by atoms with Gasteiger partial charge in [-0.15, -0.1) is 0 Å². The van der Waals surface area contributed by atoms with Gasteiger partial charge in [0.2, 0.25) is 0 Å². The Morgan fingerprint density at radius 1 is 0.388 bits per heavy atom. The SMILES string of the molecule is [2H]c1c([2H])c([2H])c2c(c1[2H])c1c(-c3ccc(-c4ccccc4)cc3)cccc1n2-c1ccc(-c2nc(-c3ccccc3)nc(-c3ccccc3)n2)cc1. The van der Waals surface area contributed by atoms with E-state index >= 15 is 0 Å². The zero-order chi connectivity index (χ0) is 36.1. The van der Waals surface area contributed by atoms with Crippen molar-refractivity contribution in [1.82, 2.24) is 19.5 Å². The summed E-state index contributed by atoms with van der Waals surface area (Å²) in [5.41, 5.74) is 8.56. The van der Waals surface area contributed by atoms with Crippen LogP contribution >= 0.6 is 0 Å². The monoisotopic (exact) mass is 630 g/mol. The standard InChI is InChI=1S/C45H30N4/c1-4-13-31(14-5-1)32-23-25-33(26-24-32)38-20-12-22-41-42(38)39-19-10-11-21-40(39)49(41)37-29-27-36(28-30-37)45-47-43(34-15-6-2-7-16-34)46-44(48-45)35-17-8-3-9-18-35/h1-30H/i10D,11D,19D,21D. The van der Waals surface area contributed by atoms with E-state index in [4.69, 9.17) is 20.4 Å². The second-order valence-corrected chi connectivity index (χ2v) is 11.8. The molecule has 0 atom stereocenters. The summed E-state index contributed by atoms with van der Waals surface area (Å²) >= 11 is 0. The number of nitrogens with zero attached hydrogens (tertiary/aromatic N) is 4. The van der Waals surface area contributed by atoms with Crippen molar-refractivity contribution < 1.29 is 5.48 Å². The number of para-hydroxylation sites is 1. The second-order valence-electron chi connectivity index (χ2n) is 11.8. The van der Waals surface area contributed by atoms with Crippen LogP contribution in [0.15, 0.2) is 182 Å². The highest BCUT2D eigenvalue weighted by atomic mass is 15.0. The average Bonchev–Trinajstić information content (AvgIpc) is 3.59. The first-order chi connectivity index (χ1) is 26.0. The zero-order valence-electron chi connectivity index (χ0n) is 30.3. The maximum absolute atomic E-state index is 9.10. The minimum Gasteiger partial charge on any atom is -0.309 e. The molecule has 0 spiro atoms. The van der Waals surface area contributed by atoms with E-state index in [-0.39, 0.29) is 24.2 Å². The van der Waals surface area contributed by atoms with E-state index in [2.05, 4.69) is 36.4 Å². The first-order valence-electron chi connectivity index (χ1n) is 18.1. The Hall–Kier alpha value is -6.65. The van der Waals surface area contributed by atoms with Crippen molar-refractivity contribution in [2.45, 2.75) is 0 Å². The van der Waals surface area contributed by atoms with Gasteiger partial charge >= 0.3 is 0 Å². The van der Waals surface area contributed by atoms with Gasteiger partial charge in [0.15, 0.2) is 17.5 Å². The molecule has 0 fully saturated rings. The predicted octanol–water partition coefficient (Wildman–Crippen LogP) is 11.3. The lowest BCUT2D eigenvalue weighted by atomic mass is 9.97. The topological polar surface area (TPSA) is 43.6 Å². The molecule has 9 aromatic rings. The van der Waals surface area contributed by atoms with Crippen molar-refractivity contribution in [2.75, 3.05) is 0 Å². The molecule has 9 rings (SSSR count). The Kier molecular flexibility index (Phi) is 6.09. The van der Waals surface area contributed by atoms with Crippen LogP contribution in [0.3, 0.4) is 0 Å². The Morgan fingerprint density at radius 2 is 0.857 bits per heavy atom. The van der Waals surface area contributed by atoms with Crippen LogP contribution in [-0.4, -0.2) is 19.5 Å². The lowest BCUT2D eigenvalue weighted by molar-refractivity contribution is 1.07. The molecule has 49 heavy (non-hydrogen) atoms. The van der Waals surface area contributed by atoms with Crippen LogP contribution in [-0.2, 0) is 0 Å². The fraction of sp³-hybridized carbons (Fsp3) is 0. The summed E-state index contributed by atoms with van der Waals surface area (Å²) in [6, 6.07) is 51.3. The largest absolute Gasteiger partial charge is 0.309 e. The van der Waals surface area contributed by atoms with Gasteiger partial charge in [0, 0.05) is 33.2 Å². The maximum Gasteiger partial charge on any atom is 0.164 e. The quantitative estimate of drug-likeness (QED) is 0.184. The van der Waals surface area contributed by atoms with Crippen LogP contribution in [0.5, 0.6) is 0 Å². The molecule has 0 amide bonds. The highest BCUT2D eigenvalue weighted by Gasteiger charge is 2.17. The normalized spacial score (nSPS) is 12.4. The van der Waals surface area contributed by atoms with E-state index < -0.39 is 0 Å². The van der Waals surface area contributed by atoms with Gasteiger partial charge in [-0.1, -0.05) is 146 Å². The van der Waals surface area contributed by atoms with Gasteiger partial charge in [0.25, 0.3) is 0 Å². The molecule has 2 heterocycles. The first kappa shape index (κ1) is 24.5. The van der Waals surface area contributed by atoms with Crippen LogP contribution < -0.4 is 0 Å². The molecule has 4 nitrogen and oxygen atoms in total. The number of fused-ring (bicyclic) bond motifs is 3. The summed E-state index contributed by atoms with van der Waals surface area (Å²) in [4.78, 5) is 14.6. The molecule has 4 heteroatoms. The molecule has 0 aliphatic carbocycles. The highest BCUT2D eigenvalue weighted by Crippen LogP contribution is 2.39. The van der Waals surface area contributed by atoms with E-state index in [0.717, 1.165) is 55.5 Å². The van der Waals surface area contributed by atoms with E-state index in [0.29, 0.717) is 28.4 Å². The molecule has 0 bridgehead atoms. The van der Waals surface area contributed by atoms with Crippen molar-refractivity contribution in [1.29, 1.82) is 0 Å². The smallest absolute Gasteiger partial charge is 0.164 e. The van der Waals surface area contributed by atoms with Crippen molar-refractivity contribution in [2.24, 2.45) is 0 Å². The van der Waals surface area contributed by atoms with Crippen LogP contribution in [0.1, 0.15) is 5.48 Å². The average molecular weight is 631 g/mol. The molecule has 0 saturated heterocycles. The molecule has 230 valence electrons.